The molecule has 0 saturated carbocycles. The van der Waals surface area contributed by atoms with Crippen LogP contribution in [0.3, 0.4) is 0 Å². The van der Waals surface area contributed by atoms with E-state index in [1.807, 2.05) is 0 Å². The number of carboxylic acids is 1. The first-order valence-corrected chi connectivity index (χ1v) is 12.0. The lowest BCUT2D eigenvalue weighted by Gasteiger charge is -2.36. The molecule has 1 unspecified atom stereocenters. The van der Waals surface area contributed by atoms with Crippen molar-refractivity contribution in [1.82, 2.24) is 10.3 Å². The number of rotatable bonds is 6. The topological polar surface area (TPSA) is 88.5 Å². The Hall–Kier alpha value is -2.67. The molecule has 1 aromatic heterocycles. The molecule has 1 amide bonds. The van der Waals surface area contributed by atoms with Gasteiger partial charge in [0.05, 0.1) is 5.56 Å². The quantitative estimate of drug-likeness (QED) is 0.710. The Morgan fingerprint density at radius 2 is 1.68 bits per heavy atom. The summed E-state index contributed by atoms with van der Waals surface area (Å²) in [7, 11) is -1.99. The van der Waals surface area contributed by atoms with Crippen molar-refractivity contribution in [2.75, 3.05) is 0 Å². The summed E-state index contributed by atoms with van der Waals surface area (Å²) >= 11 is 0. The van der Waals surface area contributed by atoms with Crippen molar-refractivity contribution in [3.8, 4) is 5.75 Å². The number of carbonyl (C=O) groups excluding carboxylic acids is 1. The molecule has 0 bridgehead atoms. The Morgan fingerprint density at radius 1 is 1.07 bits per heavy atom. The largest absolute Gasteiger partial charge is 0.544 e. The van der Waals surface area contributed by atoms with Gasteiger partial charge in [0.15, 0.2) is 5.54 Å². The van der Waals surface area contributed by atoms with Gasteiger partial charge in [-0.25, -0.2) is 4.79 Å². The van der Waals surface area contributed by atoms with Crippen LogP contribution in [0, 0.1) is 0 Å². The number of benzene rings is 1. The highest BCUT2D eigenvalue weighted by Gasteiger charge is 2.40. The highest BCUT2D eigenvalue weighted by molar-refractivity contribution is 6.74. The van der Waals surface area contributed by atoms with Gasteiger partial charge in [-0.05, 0) is 54.9 Å². The number of carbonyl (C=O) groups is 2. The molecule has 2 N–H and O–H groups in total. The minimum atomic E-state index is -1.99. The summed E-state index contributed by atoms with van der Waals surface area (Å²) in [6.45, 7) is 12.2. The SMILES string of the molecule is CC(NC(=O)c1cccnc1)(C(=O)O)c1ccc(O[Si](C)(C)C(C)(C)C)cc1. The smallest absolute Gasteiger partial charge is 0.333 e. The Labute approximate surface area is 167 Å². The minimum absolute atomic E-state index is 0.0545. The van der Waals surface area contributed by atoms with Crippen molar-refractivity contribution in [3.05, 3.63) is 59.9 Å². The van der Waals surface area contributed by atoms with Gasteiger partial charge in [-0.2, -0.15) is 0 Å². The Bertz CT molecular complexity index is 845. The number of aromatic nitrogens is 1. The van der Waals surface area contributed by atoms with Crippen LogP contribution in [-0.4, -0.2) is 30.3 Å². The van der Waals surface area contributed by atoms with Crippen LogP contribution in [0.25, 0.3) is 0 Å². The molecule has 2 aromatic rings. The molecule has 1 heterocycles. The van der Waals surface area contributed by atoms with Gasteiger partial charge in [0, 0.05) is 12.4 Å². The van der Waals surface area contributed by atoms with Crippen LogP contribution in [0.2, 0.25) is 18.1 Å². The summed E-state index contributed by atoms with van der Waals surface area (Å²) in [4.78, 5) is 28.3. The maximum Gasteiger partial charge on any atom is 0.333 e. The van der Waals surface area contributed by atoms with E-state index in [1.54, 1.807) is 42.6 Å². The lowest BCUT2D eigenvalue weighted by Crippen LogP contribution is -2.49. The number of carboxylic acid groups (broad SMARTS) is 1. The number of pyridine rings is 1. The van der Waals surface area contributed by atoms with Crippen molar-refractivity contribution in [1.29, 1.82) is 0 Å². The van der Waals surface area contributed by atoms with E-state index in [-0.39, 0.29) is 5.04 Å². The second kappa shape index (κ2) is 7.75. The number of hydrogen-bond donors (Lipinski definition) is 2. The van der Waals surface area contributed by atoms with Crippen LogP contribution < -0.4 is 9.74 Å². The normalized spacial score (nSPS) is 14.1. The van der Waals surface area contributed by atoms with Crippen LogP contribution in [0.4, 0.5) is 0 Å². The lowest BCUT2D eigenvalue weighted by atomic mass is 9.91. The fourth-order valence-electron chi connectivity index (χ4n) is 2.35. The number of amides is 1. The molecule has 0 aliphatic rings. The molecule has 2 rings (SSSR count). The fourth-order valence-corrected chi connectivity index (χ4v) is 3.38. The zero-order valence-corrected chi connectivity index (χ0v) is 18.2. The van der Waals surface area contributed by atoms with Gasteiger partial charge in [-0.3, -0.25) is 9.78 Å². The third-order valence-electron chi connectivity index (χ3n) is 5.33. The van der Waals surface area contributed by atoms with Gasteiger partial charge in [-0.15, -0.1) is 0 Å². The fraction of sp³-hybridized carbons (Fsp3) is 0.381. The molecular weight excluding hydrogens is 372 g/mol. The third kappa shape index (κ3) is 4.59. The predicted octanol–water partition coefficient (Wildman–Crippen LogP) is 4.20. The first-order valence-electron chi connectivity index (χ1n) is 9.12. The zero-order valence-electron chi connectivity index (χ0n) is 17.2. The monoisotopic (exact) mass is 400 g/mol. The number of aliphatic carboxylic acids is 1. The van der Waals surface area contributed by atoms with Crippen LogP contribution in [0.15, 0.2) is 48.8 Å². The summed E-state index contributed by atoms with van der Waals surface area (Å²) in [5.74, 6) is -0.955. The van der Waals surface area contributed by atoms with Crippen LogP contribution in [0.5, 0.6) is 5.75 Å². The van der Waals surface area contributed by atoms with E-state index in [2.05, 4.69) is 44.2 Å². The first-order chi connectivity index (χ1) is 12.9. The molecule has 0 aliphatic carbocycles. The zero-order chi connectivity index (χ0) is 21.2. The van der Waals surface area contributed by atoms with Crippen molar-refractivity contribution in [2.45, 2.75) is 51.4 Å². The van der Waals surface area contributed by atoms with E-state index in [9.17, 15) is 14.7 Å². The Kier molecular flexibility index (Phi) is 5.99. The lowest BCUT2D eigenvalue weighted by molar-refractivity contribution is -0.144. The third-order valence-corrected chi connectivity index (χ3v) is 9.68. The maximum absolute atomic E-state index is 12.5. The summed E-state index contributed by atoms with van der Waals surface area (Å²) in [6.07, 6.45) is 2.95. The molecule has 1 atom stereocenters. The molecule has 0 saturated heterocycles. The van der Waals surface area contributed by atoms with E-state index >= 15 is 0 Å². The molecule has 1 aromatic carbocycles. The number of hydrogen-bond acceptors (Lipinski definition) is 4. The van der Waals surface area contributed by atoms with Gasteiger partial charge in [0.2, 0.25) is 8.32 Å². The summed E-state index contributed by atoms with van der Waals surface area (Å²) in [5, 5.41) is 12.5. The second-order valence-electron chi connectivity index (χ2n) is 8.51. The standard InChI is InChI=1S/C21H28N2O4Si/c1-20(2,3)28(5,6)27-17-11-9-16(10-12-17)21(4,19(25)26)23-18(24)15-8-7-13-22-14-15/h7-14H,1-6H3,(H,23,24)(H,25,26). The Morgan fingerprint density at radius 3 is 2.14 bits per heavy atom. The van der Waals surface area contributed by atoms with Crippen LogP contribution in [-0.2, 0) is 10.3 Å². The molecule has 0 fully saturated rings. The van der Waals surface area contributed by atoms with E-state index in [0.29, 0.717) is 16.9 Å². The second-order valence-corrected chi connectivity index (χ2v) is 13.2. The van der Waals surface area contributed by atoms with Crippen molar-refractivity contribution in [3.63, 3.8) is 0 Å². The number of nitrogens with zero attached hydrogens (tertiary/aromatic N) is 1. The van der Waals surface area contributed by atoms with Gasteiger partial charge < -0.3 is 14.8 Å². The van der Waals surface area contributed by atoms with Gasteiger partial charge >= 0.3 is 5.97 Å². The average molecular weight is 401 g/mol. The van der Waals surface area contributed by atoms with E-state index in [1.165, 1.54) is 13.1 Å². The van der Waals surface area contributed by atoms with Crippen molar-refractivity contribution in [2.24, 2.45) is 0 Å². The summed E-state index contributed by atoms with van der Waals surface area (Å²) in [6, 6.07) is 10.1. The Balaban J connectivity index is 2.27. The molecule has 150 valence electrons. The average Bonchev–Trinajstić information content (AvgIpc) is 2.61. The van der Waals surface area contributed by atoms with E-state index in [0.717, 1.165) is 0 Å². The van der Waals surface area contributed by atoms with E-state index < -0.39 is 25.7 Å². The van der Waals surface area contributed by atoms with Gasteiger partial charge in [0.1, 0.15) is 5.75 Å². The molecule has 0 radical (unpaired) electrons. The summed E-state index contributed by atoms with van der Waals surface area (Å²) < 4.78 is 6.24. The van der Waals surface area contributed by atoms with Gasteiger partial charge in [0.25, 0.3) is 5.91 Å². The highest BCUT2D eigenvalue weighted by atomic mass is 28.4. The molecule has 0 aliphatic heterocycles. The molecule has 6 nitrogen and oxygen atoms in total. The number of nitrogens with one attached hydrogen (secondary N) is 1. The highest BCUT2D eigenvalue weighted by Crippen LogP contribution is 2.37. The predicted molar refractivity (Wildman–Crippen MR) is 111 cm³/mol. The molecular formula is C21H28N2O4Si. The van der Waals surface area contributed by atoms with Crippen LogP contribution >= 0.6 is 0 Å². The maximum atomic E-state index is 12.5. The van der Waals surface area contributed by atoms with Crippen LogP contribution in [0.1, 0.15) is 43.6 Å². The summed E-state index contributed by atoms with van der Waals surface area (Å²) in [5.41, 5.74) is -0.824. The van der Waals surface area contributed by atoms with E-state index in [4.69, 9.17) is 4.43 Å². The minimum Gasteiger partial charge on any atom is -0.544 e. The molecule has 28 heavy (non-hydrogen) atoms. The van der Waals surface area contributed by atoms with Crippen molar-refractivity contribution >= 4 is 20.2 Å². The molecule has 7 heteroatoms. The first kappa shape index (κ1) is 21.6. The molecule has 0 spiro atoms. The van der Waals surface area contributed by atoms with Gasteiger partial charge in [-0.1, -0.05) is 32.9 Å². The van der Waals surface area contributed by atoms with Crippen molar-refractivity contribution < 1.29 is 19.1 Å².